The molecule has 1 fully saturated rings. The average molecular weight is 439 g/mol. The Hall–Kier alpha value is -2.03. The number of ether oxygens (including phenoxy) is 2. The minimum absolute atomic E-state index is 0.147. The van der Waals surface area contributed by atoms with Gasteiger partial charge in [0.05, 0.1) is 28.2 Å². The summed E-state index contributed by atoms with van der Waals surface area (Å²) < 4.78 is 10.6. The molecule has 10 heteroatoms. The highest BCUT2D eigenvalue weighted by molar-refractivity contribution is 9.11. The van der Waals surface area contributed by atoms with Crippen LogP contribution in [0, 0.1) is 16.5 Å². The molecule has 1 aliphatic rings. The number of quaternary nitrogens is 1. The zero-order valence-electron chi connectivity index (χ0n) is 13.8. The van der Waals surface area contributed by atoms with Crippen LogP contribution in [0.4, 0.5) is 5.13 Å². The number of aromatic nitrogens is 1. The van der Waals surface area contributed by atoms with Gasteiger partial charge >= 0.3 is 5.97 Å². The fourth-order valence-electron chi connectivity index (χ4n) is 2.59. The third-order valence-electron chi connectivity index (χ3n) is 3.78. The van der Waals surface area contributed by atoms with Gasteiger partial charge in [0.1, 0.15) is 12.4 Å². The Morgan fingerprint density at radius 3 is 2.88 bits per heavy atom. The van der Waals surface area contributed by atoms with Gasteiger partial charge in [0.25, 0.3) is 11.4 Å². The second kappa shape index (κ2) is 7.69. The van der Waals surface area contributed by atoms with Gasteiger partial charge in [-0.25, -0.2) is 9.69 Å². The van der Waals surface area contributed by atoms with Crippen molar-refractivity contribution in [1.29, 1.82) is 5.26 Å². The lowest BCUT2D eigenvalue weighted by Crippen LogP contribution is -2.51. The molecule has 0 aliphatic carbocycles. The van der Waals surface area contributed by atoms with Crippen molar-refractivity contribution < 1.29 is 14.3 Å². The molecule has 8 nitrogen and oxygen atoms in total. The second-order valence-corrected chi connectivity index (χ2v) is 8.18. The van der Waals surface area contributed by atoms with E-state index in [9.17, 15) is 10.0 Å². The van der Waals surface area contributed by atoms with Gasteiger partial charge in [-0.3, -0.25) is 4.65 Å². The Kier molecular flexibility index (Phi) is 5.55. The molecule has 2 unspecified atom stereocenters. The smallest absolute Gasteiger partial charge is 0.348 e. The highest BCUT2D eigenvalue weighted by Gasteiger charge is 2.44. The molecule has 2 aromatic rings. The van der Waals surface area contributed by atoms with Crippen LogP contribution >= 0.6 is 27.3 Å². The highest BCUT2D eigenvalue weighted by Crippen LogP contribution is 2.36. The average Bonchev–Trinajstić information content (AvgIpc) is 3.18. The first-order valence-corrected chi connectivity index (χ1v) is 9.23. The molecule has 0 radical (unpaired) electrons. The zero-order valence-corrected chi connectivity index (χ0v) is 16.2. The summed E-state index contributed by atoms with van der Waals surface area (Å²) in [5.74, 6) is -0.195. The summed E-state index contributed by atoms with van der Waals surface area (Å²) in [7, 11) is 1.79. The van der Waals surface area contributed by atoms with Gasteiger partial charge in [0, 0.05) is 0 Å². The van der Waals surface area contributed by atoms with E-state index in [0.717, 1.165) is 3.79 Å². The first-order valence-electron chi connectivity index (χ1n) is 7.62. The molecule has 0 spiro atoms. The summed E-state index contributed by atoms with van der Waals surface area (Å²) >= 11 is 4.52. The minimum Gasteiger partial charge on any atom is -0.622 e. The van der Waals surface area contributed by atoms with Crippen molar-refractivity contribution in [3.05, 3.63) is 45.0 Å². The summed E-state index contributed by atoms with van der Waals surface area (Å²) in [5, 5.41) is 22.3. The van der Waals surface area contributed by atoms with E-state index in [0.29, 0.717) is 23.0 Å². The molecule has 1 aromatic heterocycles. The maximum absolute atomic E-state index is 13.2. The number of thiazole rings is 1. The van der Waals surface area contributed by atoms with Crippen LogP contribution < -0.4 is 9.38 Å². The van der Waals surface area contributed by atoms with Crippen LogP contribution in [0.5, 0.6) is 5.75 Å². The molecular weight excluding hydrogens is 424 g/mol. The van der Waals surface area contributed by atoms with Gasteiger partial charge in [-0.1, -0.05) is 0 Å². The number of carbonyl (C=O) groups excluding carboxylic acids is 1. The molecule has 2 atom stereocenters. The Bertz CT molecular complexity index is 838. The first-order chi connectivity index (χ1) is 12.4. The SMILES string of the molecule is CN1CC(OC(=O)COc2ccc(C#N)cc2)[N+]([O-])(c2ncc(Br)s2)C1. The molecule has 0 amide bonds. The van der Waals surface area contributed by atoms with Crippen LogP contribution in [0.1, 0.15) is 5.56 Å². The number of carbonyl (C=O) groups is 1. The van der Waals surface area contributed by atoms with Gasteiger partial charge < -0.3 is 14.7 Å². The van der Waals surface area contributed by atoms with Crippen LogP contribution in [0.2, 0.25) is 0 Å². The Labute approximate surface area is 162 Å². The Morgan fingerprint density at radius 2 is 2.27 bits per heavy atom. The zero-order chi connectivity index (χ0) is 18.7. The number of halogens is 1. The molecule has 1 aliphatic heterocycles. The van der Waals surface area contributed by atoms with Gasteiger partial charge in [-0.15, -0.1) is 0 Å². The Balaban J connectivity index is 1.62. The van der Waals surface area contributed by atoms with Crippen LogP contribution in [0.25, 0.3) is 0 Å². The van der Waals surface area contributed by atoms with E-state index >= 15 is 0 Å². The number of benzene rings is 1. The summed E-state index contributed by atoms with van der Waals surface area (Å²) in [5.41, 5.74) is 0.497. The van der Waals surface area contributed by atoms with E-state index in [4.69, 9.17) is 14.7 Å². The normalized spacial score (nSPS) is 22.8. The number of likely N-dealkylation sites (N-methyl/N-ethyl adjacent to an activating group) is 1. The van der Waals surface area contributed by atoms with Crippen LogP contribution in [-0.4, -0.2) is 48.9 Å². The van der Waals surface area contributed by atoms with Crippen molar-refractivity contribution in [2.45, 2.75) is 6.23 Å². The van der Waals surface area contributed by atoms with E-state index in [1.807, 2.05) is 6.07 Å². The molecule has 1 saturated heterocycles. The van der Waals surface area contributed by atoms with Crippen molar-refractivity contribution in [1.82, 2.24) is 14.5 Å². The van der Waals surface area contributed by atoms with E-state index in [1.165, 1.54) is 11.3 Å². The fraction of sp³-hybridized carbons (Fsp3) is 0.312. The van der Waals surface area contributed by atoms with Gasteiger partial charge in [0.2, 0.25) is 0 Å². The molecule has 1 aromatic carbocycles. The number of esters is 1. The number of nitriles is 1. The van der Waals surface area contributed by atoms with E-state index in [1.54, 1.807) is 42.4 Å². The van der Waals surface area contributed by atoms with Gasteiger partial charge in [-0.05, 0) is 58.6 Å². The van der Waals surface area contributed by atoms with E-state index < -0.39 is 16.8 Å². The lowest BCUT2D eigenvalue weighted by atomic mass is 10.2. The second-order valence-electron chi connectivity index (χ2n) is 5.79. The maximum Gasteiger partial charge on any atom is 0.348 e. The standard InChI is InChI=1S/C16H15BrN4O4S/c1-20-8-14(21(23,10-20)16-19-7-13(17)26-16)25-15(22)9-24-12-4-2-11(6-18)3-5-12/h2-5,7,14H,8-10H2,1H3. The third-order valence-corrected chi connectivity index (χ3v) is 5.37. The van der Waals surface area contributed by atoms with Crippen LogP contribution in [0.3, 0.4) is 0 Å². The number of hydrogen-bond donors (Lipinski definition) is 0. The molecule has 3 rings (SSSR count). The Morgan fingerprint density at radius 1 is 1.54 bits per heavy atom. The predicted octanol–water partition coefficient (Wildman–Crippen LogP) is 2.43. The molecule has 0 N–H and O–H groups in total. The number of rotatable bonds is 5. The highest BCUT2D eigenvalue weighted by atomic mass is 79.9. The largest absolute Gasteiger partial charge is 0.622 e. The maximum atomic E-state index is 13.2. The first kappa shape index (κ1) is 18.8. The molecular formula is C16H15BrN4O4S. The van der Waals surface area contributed by atoms with Crippen molar-refractivity contribution in [3.8, 4) is 11.8 Å². The molecule has 26 heavy (non-hydrogen) atoms. The molecule has 0 bridgehead atoms. The summed E-state index contributed by atoms with van der Waals surface area (Å²) in [4.78, 5) is 18.1. The molecule has 2 heterocycles. The van der Waals surface area contributed by atoms with Crippen LogP contribution in [0.15, 0.2) is 34.2 Å². The van der Waals surface area contributed by atoms with Crippen molar-refractivity contribution in [3.63, 3.8) is 0 Å². The fourth-order valence-corrected chi connectivity index (χ4v) is 3.84. The third kappa shape index (κ3) is 4.03. The van der Waals surface area contributed by atoms with Gasteiger partial charge in [-0.2, -0.15) is 10.2 Å². The summed E-state index contributed by atoms with van der Waals surface area (Å²) in [6.45, 7) is 0.130. The van der Waals surface area contributed by atoms with E-state index in [-0.39, 0.29) is 13.3 Å². The quantitative estimate of drug-likeness (QED) is 0.401. The number of nitrogens with zero attached hydrogens (tertiary/aromatic N) is 4. The number of hydrogen-bond acceptors (Lipinski definition) is 8. The van der Waals surface area contributed by atoms with Crippen molar-refractivity contribution in [2.24, 2.45) is 0 Å². The minimum atomic E-state index is -0.907. The topological polar surface area (TPSA) is 98.5 Å². The van der Waals surface area contributed by atoms with Gasteiger partial charge in [0.15, 0.2) is 6.61 Å². The van der Waals surface area contributed by atoms with Crippen molar-refractivity contribution >= 4 is 38.4 Å². The monoisotopic (exact) mass is 438 g/mol. The van der Waals surface area contributed by atoms with Crippen molar-refractivity contribution in [2.75, 3.05) is 26.9 Å². The summed E-state index contributed by atoms with van der Waals surface area (Å²) in [6.07, 6.45) is 0.651. The lowest BCUT2D eigenvalue weighted by molar-refractivity contribution is -0.155. The summed E-state index contributed by atoms with van der Waals surface area (Å²) in [6, 6.07) is 8.37. The van der Waals surface area contributed by atoms with E-state index in [2.05, 4.69) is 20.9 Å². The molecule has 136 valence electrons. The van der Waals surface area contributed by atoms with Crippen LogP contribution in [-0.2, 0) is 9.53 Å². The number of hydroxylamine groups is 2. The predicted molar refractivity (Wildman–Crippen MR) is 99.0 cm³/mol. The lowest BCUT2D eigenvalue weighted by Gasteiger charge is -2.38. The molecule has 0 saturated carbocycles.